The van der Waals surface area contributed by atoms with Crippen molar-refractivity contribution in [3.63, 3.8) is 0 Å². The van der Waals surface area contributed by atoms with Crippen molar-refractivity contribution in [2.75, 3.05) is 20.3 Å². The van der Waals surface area contributed by atoms with E-state index in [9.17, 15) is 4.79 Å². The van der Waals surface area contributed by atoms with Crippen LogP contribution in [0.4, 0.5) is 0 Å². The van der Waals surface area contributed by atoms with Gasteiger partial charge in [0.15, 0.2) is 17.3 Å². The number of ketones is 1. The van der Waals surface area contributed by atoms with Crippen molar-refractivity contribution in [2.45, 2.75) is 6.42 Å². The summed E-state index contributed by atoms with van der Waals surface area (Å²) in [7, 11) is 1.62. The van der Waals surface area contributed by atoms with Crippen molar-refractivity contribution in [1.29, 1.82) is 0 Å². The van der Waals surface area contributed by atoms with E-state index in [4.69, 9.17) is 14.2 Å². The van der Waals surface area contributed by atoms with Crippen molar-refractivity contribution < 1.29 is 19.0 Å². The molecule has 108 valence electrons. The summed E-state index contributed by atoms with van der Waals surface area (Å²) in [5.41, 5.74) is 1.59. The summed E-state index contributed by atoms with van der Waals surface area (Å²) < 4.78 is 16.1. The third kappa shape index (κ3) is 2.99. The molecule has 0 N–H and O–H groups in total. The zero-order valence-electron chi connectivity index (χ0n) is 11.8. The molecule has 0 atom stereocenters. The Morgan fingerprint density at radius 2 is 1.76 bits per heavy atom. The fourth-order valence-corrected chi connectivity index (χ4v) is 2.25. The first-order chi connectivity index (χ1) is 10.3. The number of Topliss-reactive ketones (excluding diaryl/α,β-unsaturated/α-hetero) is 1. The van der Waals surface area contributed by atoms with Gasteiger partial charge < -0.3 is 14.2 Å². The summed E-state index contributed by atoms with van der Waals surface area (Å²) in [6.07, 6.45) is 0.351. The molecule has 0 saturated heterocycles. The predicted octanol–water partition coefficient (Wildman–Crippen LogP) is 2.89. The molecule has 1 heterocycles. The molecular weight excluding hydrogens is 268 g/mol. The normalized spacial score (nSPS) is 12.8. The maximum atomic E-state index is 12.3. The molecule has 2 aromatic rings. The molecule has 4 nitrogen and oxygen atoms in total. The Balaban J connectivity index is 1.75. The van der Waals surface area contributed by atoms with Gasteiger partial charge in [-0.15, -0.1) is 0 Å². The average Bonchev–Trinajstić information content (AvgIpc) is 2.55. The van der Waals surface area contributed by atoms with Gasteiger partial charge in [0, 0.05) is 12.0 Å². The van der Waals surface area contributed by atoms with Gasteiger partial charge in [-0.2, -0.15) is 0 Å². The molecule has 0 bridgehead atoms. The van der Waals surface area contributed by atoms with Gasteiger partial charge in [-0.3, -0.25) is 4.79 Å². The van der Waals surface area contributed by atoms with Crippen LogP contribution in [0.25, 0.3) is 0 Å². The molecule has 1 aliphatic heterocycles. The first-order valence-corrected chi connectivity index (χ1v) is 6.82. The molecule has 0 radical (unpaired) electrons. The van der Waals surface area contributed by atoms with Crippen LogP contribution in [0, 0.1) is 0 Å². The molecule has 1 aliphatic rings. The van der Waals surface area contributed by atoms with Crippen LogP contribution in [0.2, 0.25) is 0 Å². The first-order valence-electron chi connectivity index (χ1n) is 6.82. The van der Waals surface area contributed by atoms with Crippen molar-refractivity contribution >= 4 is 5.78 Å². The van der Waals surface area contributed by atoms with Crippen molar-refractivity contribution in [3.05, 3.63) is 53.6 Å². The molecule has 0 unspecified atom stereocenters. The molecule has 0 spiro atoms. The largest absolute Gasteiger partial charge is 0.497 e. The number of rotatable bonds is 4. The highest BCUT2D eigenvalue weighted by molar-refractivity contribution is 5.98. The van der Waals surface area contributed by atoms with Gasteiger partial charge in [-0.1, -0.05) is 12.1 Å². The van der Waals surface area contributed by atoms with Crippen LogP contribution >= 0.6 is 0 Å². The van der Waals surface area contributed by atoms with Crippen LogP contribution in [0.5, 0.6) is 17.2 Å². The van der Waals surface area contributed by atoms with E-state index in [0.29, 0.717) is 36.7 Å². The van der Waals surface area contributed by atoms with Crippen molar-refractivity contribution in [2.24, 2.45) is 0 Å². The smallest absolute Gasteiger partial charge is 0.167 e. The zero-order chi connectivity index (χ0) is 14.7. The Labute approximate surface area is 123 Å². The summed E-state index contributed by atoms with van der Waals surface area (Å²) >= 11 is 0. The number of benzene rings is 2. The molecule has 21 heavy (non-hydrogen) atoms. The fraction of sp³-hybridized carbons (Fsp3) is 0.235. The molecule has 2 aromatic carbocycles. The second-order valence-electron chi connectivity index (χ2n) is 4.81. The third-order valence-corrected chi connectivity index (χ3v) is 3.39. The van der Waals surface area contributed by atoms with Crippen LogP contribution in [0.1, 0.15) is 15.9 Å². The number of fused-ring (bicyclic) bond motifs is 1. The van der Waals surface area contributed by atoms with E-state index in [1.165, 1.54) is 0 Å². The average molecular weight is 284 g/mol. The molecule has 3 rings (SSSR count). The summed E-state index contributed by atoms with van der Waals surface area (Å²) in [6.45, 7) is 1.06. The molecule has 0 fully saturated rings. The second kappa shape index (κ2) is 5.87. The third-order valence-electron chi connectivity index (χ3n) is 3.39. The van der Waals surface area contributed by atoms with Crippen LogP contribution in [0.3, 0.4) is 0 Å². The minimum absolute atomic E-state index is 0.0529. The summed E-state index contributed by atoms with van der Waals surface area (Å²) in [4.78, 5) is 12.3. The maximum absolute atomic E-state index is 12.3. The standard InChI is InChI=1S/C17H16O4/c1-19-14-5-2-12(3-6-14)10-15(18)13-4-7-16-17(11-13)21-9-8-20-16/h2-7,11H,8-10H2,1H3. The predicted molar refractivity (Wildman–Crippen MR) is 78.5 cm³/mol. The summed E-state index contributed by atoms with van der Waals surface area (Å²) in [5, 5.41) is 0. The lowest BCUT2D eigenvalue weighted by Gasteiger charge is -2.18. The molecule has 4 heteroatoms. The molecular formula is C17H16O4. The van der Waals surface area contributed by atoms with Gasteiger partial charge in [0.05, 0.1) is 7.11 Å². The zero-order valence-corrected chi connectivity index (χ0v) is 11.8. The van der Waals surface area contributed by atoms with Crippen LogP contribution in [0.15, 0.2) is 42.5 Å². The Hall–Kier alpha value is -2.49. The highest BCUT2D eigenvalue weighted by Crippen LogP contribution is 2.31. The van der Waals surface area contributed by atoms with Gasteiger partial charge in [0.1, 0.15) is 19.0 Å². The van der Waals surface area contributed by atoms with E-state index in [-0.39, 0.29) is 5.78 Å². The van der Waals surface area contributed by atoms with E-state index in [2.05, 4.69) is 0 Å². The Morgan fingerprint density at radius 3 is 2.48 bits per heavy atom. The number of methoxy groups -OCH3 is 1. The first kappa shape index (κ1) is 13.5. The summed E-state index contributed by atoms with van der Waals surface area (Å²) in [5.74, 6) is 2.17. The van der Waals surface area contributed by atoms with E-state index < -0.39 is 0 Å². The van der Waals surface area contributed by atoms with Gasteiger partial charge >= 0.3 is 0 Å². The van der Waals surface area contributed by atoms with E-state index in [1.54, 1.807) is 25.3 Å². The highest BCUT2D eigenvalue weighted by Gasteiger charge is 2.15. The van der Waals surface area contributed by atoms with E-state index >= 15 is 0 Å². The quantitative estimate of drug-likeness (QED) is 0.810. The van der Waals surface area contributed by atoms with Gasteiger partial charge in [-0.05, 0) is 35.9 Å². The molecule has 0 amide bonds. The summed E-state index contributed by atoms with van der Waals surface area (Å²) in [6, 6.07) is 12.8. The highest BCUT2D eigenvalue weighted by atomic mass is 16.6. The number of ether oxygens (including phenoxy) is 3. The number of carbonyl (C=O) groups is 1. The number of carbonyl (C=O) groups excluding carboxylic acids is 1. The molecule has 0 aromatic heterocycles. The monoisotopic (exact) mass is 284 g/mol. The van der Waals surface area contributed by atoms with Gasteiger partial charge in [0.2, 0.25) is 0 Å². The van der Waals surface area contributed by atoms with E-state index in [0.717, 1.165) is 11.3 Å². The minimum Gasteiger partial charge on any atom is -0.497 e. The Kier molecular flexibility index (Phi) is 3.77. The Bertz CT molecular complexity index is 646. The van der Waals surface area contributed by atoms with Gasteiger partial charge in [0.25, 0.3) is 0 Å². The van der Waals surface area contributed by atoms with Crippen LogP contribution < -0.4 is 14.2 Å². The fourth-order valence-electron chi connectivity index (χ4n) is 2.25. The molecule has 0 saturated carbocycles. The number of hydrogen-bond acceptors (Lipinski definition) is 4. The van der Waals surface area contributed by atoms with Crippen molar-refractivity contribution in [3.8, 4) is 17.2 Å². The minimum atomic E-state index is 0.0529. The lowest BCUT2D eigenvalue weighted by molar-refractivity contribution is 0.0991. The van der Waals surface area contributed by atoms with Crippen LogP contribution in [-0.4, -0.2) is 26.1 Å². The molecule has 0 aliphatic carbocycles. The SMILES string of the molecule is COc1ccc(CC(=O)c2ccc3c(c2)OCCO3)cc1. The van der Waals surface area contributed by atoms with Crippen LogP contribution in [-0.2, 0) is 6.42 Å². The van der Waals surface area contributed by atoms with Gasteiger partial charge in [-0.25, -0.2) is 0 Å². The topological polar surface area (TPSA) is 44.8 Å². The number of hydrogen-bond donors (Lipinski definition) is 0. The van der Waals surface area contributed by atoms with E-state index in [1.807, 2.05) is 24.3 Å². The second-order valence-corrected chi connectivity index (χ2v) is 4.81. The lowest BCUT2D eigenvalue weighted by Crippen LogP contribution is -2.16. The maximum Gasteiger partial charge on any atom is 0.167 e. The van der Waals surface area contributed by atoms with Crippen molar-refractivity contribution in [1.82, 2.24) is 0 Å². The Morgan fingerprint density at radius 1 is 1.05 bits per heavy atom. The lowest BCUT2D eigenvalue weighted by atomic mass is 10.0.